The van der Waals surface area contributed by atoms with Crippen molar-refractivity contribution in [2.24, 2.45) is 12.8 Å². The number of carbonyl (C=O) groups excluding carboxylic acids is 2. The molecule has 3 heterocycles. The summed E-state index contributed by atoms with van der Waals surface area (Å²) >= 11 is 0. The molecular formula is C26H21FN6O4. The zero-order valence-electron chi connectivity index (χ0n) is 20.1. The van der Waals surface area contributed by atoms with E-state index in [-0.39, 0.29) is 22.5 Å². The number of carbonyl (C=O) groups is 2. The Balaban J connectivity index is 1.50. The second kappa shape index (κ2) is 8.86. The Morgan fingerprint density at radius 1 is 1.08 bits per heavy atom. The van der Waals surface area contributed by atoms with E-state index < -0.39 is 17.6 Å². The molecule has 0 saturated carbocycles. The maximum absolute atomic E-state index is 14.6. The van der Waals surface area contributed by atoms with Crippen LogP contribution < -0.4 is 16.6 Å². The van der Waals surface area contributed by atoms with Crippen LogP contribution in [0.5, 0.6) is 0 Å². The number of nitrogens with one attached hydrogen (secondary N) is 1. The highest BCUT2D eigenvalue weighted by molar-refractivity contribution is 6.08. The molecule has 11 heteroatoms. The molecule has 186 valence electrons. The summed E-state index contributed by atoms with van der Waals surface area (Å²) in [6.07, 6.45) is 1.66. The Morgan fingerprint density at radius 3 is 2.43 bits per heavy atom. The van der Waals surface area contributed by atoms with Gasteiger partial charge in [0.15, 0.2) is 11.5 Å². The number of primary amides is 1. The first kappa shape index (κ1) is 23.7. The van der Waals surface area contributed by atoms with E-state index in [0.29, 0.717) is 33.8 Å². The summed E-state index contributed by atoms with van der Waals surface area (Å²) in [5.74, 6) is -2.03. The van der Waals surface area contributed by atoms with Crippen molar-refractivity contribution in [3.05, 3.63) is 93.6 Å². The smallest absolute Gasteiger partial charge is 0.290 e. The van der Waals surface area contributed by atoms with Crippen molar-refractivity contribution in [3.63, 3.8) is 0 Å². The van der Waals surface area contributed by atoms with Crippen LogP contribution in [0.2, 0.25) is 0 Å². The molecule has 0 aliphatic rings. The van der Waals surface area contributed by atoms with Gasteiger partial charge in [-0.25, -0.2) is 13.9 Å². The molecule has 0 spiro atoms. The fourth-order valence-electron chi connectivity index (χ4n) is 4.15. The monoisotopic (exact) mass is 500 g/mol. The predicted molar refractivity (Wildman–Crippen MR) is 134 cm³/mol. The molecule has 5 rings (SSSR count). The van der Waals surface area contributed by atoms with Gasteiger partial charge in [0, 0.05) is 12.6 Å². The highest BCUT2D eigenvalue weighted by Crippen LogP contribution is 2.27. The number of hydrogen-bond donors (Lipinski definition) is 2. The van der Waals surface area contributed by atoms with E-state index in [4.69, 9.17) is 10.3 Å². The number of fused-ring (bicyclic) bond motifs is 1. The van der Waals surface area contributed by atoms with Crippen LogP contribution >= 0.6 is 0 Å². The number of rotatable bonds is 5. The second-order valence-corrected chi connectivity index (χ2v) is 8.48. The number of halogens is 1. The van der Waals surface area contributed by atoms with Gasteiger partial charge in [-0.15, -0.1) is 0 Å². The SMILES string of the molecule is Cc1cn2nc(-c3ccc(-c4c(C)on(C)c4=O)cc3)cc2c(C(=O)Nc2cccc(C(N)=O)c2F)n1. The van der Waals surface area contributed by atoms with Gasteiger partial charge < -0.3 is 15.6 Å². The standard InChI is InChI=1S/C26H21FN6O4/c1-13-12-33-20(23(29-13)25(35)30-18-6-4-5-17(22(18)27)24(28)34)11-19(31-33)15-7-9-16(10-8-15)21-14(2)37-32(3)26(21)36/h4-12H,1-3H3,(H2,28,34)(H,30,35). The fraction of sp³-hybridized carbons (Fsp3) is 0.115. The highest BCUT2D eigenvalue weighted by Gasteiger charge is 2.20. The van der Waals surface area contributed by atoms with Crippen LogP contribution in [0, 0.1) is 19.7 Å². The van der Waals surface area contributed by atoms with Crippen LogP contribution in [0.1, 0.15) is 32.3 Å². The van der Waals surface area contributed by atoms with E-state index in [2.05, 4.69) is 15.4 Å². The number of aromatic nitrogens is 4. The maximum Gasteiger partial charge on any atom is 0.290 e. The summed E-state index contributed by atoms with van der Waals surface area (Å²) in [5.41, 5.74) is 7.87. The molecule has 5 aromatic rings. The Hall–Kier alpha value is -5.06. The molecule has 37 heavy (non-hydrogen) atoms. The topological polar surface area (TPSA) is 138 Å². The predicted octanol–water partition coefficient (Wildman–Crippen LogP) is 3.46. The molecule has 2 aromatic carbocycles. The van der Waals surface area contributed by atoms with Crippen LogP contribution in [-0.2, 0) is 7.05 Å². The molecule has 0 aliphatic carbocycles. The first-order chi connectivity index (χ1) is 17.6. The van der Waals surface area contributed by atoms with E-state index in [1.54, 1.807) is 45.3 Å². The molecule has 3 aromatic heterocycles. The van der Waals surface area contributed by atoms with Crippen molar-refractivity contribution in [2.75, 3.05) is 5.32 Å². The lowest BCUT2D eigenvalue weighted by Crippen LogP contribution is -2.19. The van der Waals surface area contributed by atoms with Gasteiger partial charge in [-0.1, -0.05) is 30.3 Å². The summed E-state index contributed by atoms with van der Waals surface area (Å²) in [6.45, 7) is 3.43. The van der Waals surface area contributed by atoms with Crippen molar-refractivity contribution in [1.82, 2.24) is 19.3 Å². The third kappa shape index (κ3) is 4.16. The Labute approximate surface area is 209 Å². The number of benzene rings is 2. The molecule has 0 saturated heterocycles. The van der Waals surface area contributed by atoms with Crippen LogP contribution in [0.25, 0.3) is 27.9 Å². The van der Waals surface area contributed by atoms with Crippen LogP contribution in [0.15, 0.2) is 64.0 Å². The van der Waals surface area contributed by atoms with Gasteiger partial charge in [0.25, 0.3) is 17.4 Å². The van der Waals surface area contributed by atoms with Crippen molar-refractivity contribution >= 4 is 23.0 Å². The fourth-order valence-corrected chi connectivity index (χ4v) is 4.15. The lowest BCUT2D eigenvalue weighted by atomic mass is 10.0. The lowest BCUT2D eigenvalue weighted by Gasteiger charge is -2.09. The average molecular weight is 500 g/mol. The maximum atomic E-state index is 14.6. The highest BCUT2D eigenvalue weighted by atomic mass is 19.1. The van der Waals surface area contributed by atoms with Gasteiger partial charge in [-0.2, -0.15) is 9.84 Å². The van der Waals surface area contributed by atoms with Gasteiger partial charge in [-0.05, 0) is 37.6 Å². The number of aryl methyl sites for hydroxylation is 3. The third-order valence-corrected chi connectivity index (χ3v) is 5.90. The summed E-state index contributed by atoms with van der Waals surface area (Å²) in [7, 11) is 1.55. The number of amides is 2. The van der Waals surface area contributed by atoms with Crippen LogP contribution in [-0.4, -0.2) is 31.2 Å². The first-order valence-electron chi connectivity index (χ1n) is 11.2. The Bertz CT molecular complexity index is 1760. The quantitative estimate of drug-likeness (QED) is 0.379. The van der Waals surface area contributed by atoms with Gasteiger partial charge in [0.1, 0.15) is 5.76 Å². The van der Waals surface area contributed by atoms with Crippen molar-refractivity contribution < 1.29 is 18.5 Å². The van der Waals surface area contributed by atoms with Gasteiger partial charge >= 0.3 is 0 Å². The number of nitrogens with zero attached hydrogens (tertiary/aromatic N) is 4. The Morgan fingerprint density at radius 2 is 1.78 bits per heavy atom. The van der Waals surface area contributed by atoms with E-state index in [1.807, 2.05) is 12.1 Å². The van der Waals surface area contributed by atoms with Gasteiger partial charge in [0.2, 0.25) is 0 Å². The first-order valence-corrected chi connectivity index (χ1v) is 11.2. The molecule has 2 amide bonds. The lowest BCUT2D eigenvalue weighted by molar-refractivity contribution is 0.0991. The van der Waals surface area contributed by atoms with E-state index in [0.717, 1.165) is 5.56 Å². The summed E-state index contributed by atoms with van der Waals surface area (Å²) in [4.78, 5) is 41.2. The normalized spacial score (nSPS) is 11.1. The summed E-state index contributed by atoms with van der Waals surface area (Å²) in [5, 5.41) is 7.03. The molecule has 3 N–H and O–H groups in total. The van der Waals surface area contributed by atoms with Crippen LogP contribution in [0.4, 0.5) is 10.1 Å². The number of nitrogens with two attached hydrogens (primary N) is 1. The minimum atomic E-state index is -0.945. The zero-order valence-corrected chi connectivity index (χ0v) is 20.1. The van der Waals surface area contributed by atoms with E-state index in [1.165, 1.54) is 27.5 Å². The van der Waals surface area contributed by atoms with Crippen molar-refractivity contribution in [2.45, 2.75) is 13.8 Å². The van der Waals surface area contributed by atoms with E-state index in [9.17, 15) is 18.8 Å². The second-order valence-electron chi connectivity index (χ2n) is 8.48. The molecule has 0 aliphatic heterocycles. The molecule has 0 bridgehead atoms. The number of anilines is 1. The molecule has 0 fully saturated rings. The van der Waals surface area contributed by atoms with Crippen molar-refractivity contribution in [3.8, 4) is 22.4 Å². The minimum Gasteiger partial charge on any atom is -0.381 e. The third-order valence-electron chi connectivity index (χ3n) is 5.90. The average Bonchev–Trinajstić information content (AvgIpc) is 3.39. The molecular weight excluding hydrogens is 479 g/mol. The largest absolute Gasteiger partial charge is 0.381 e. The molecule has 10 nitrogen and oxygen atoms in total. The van der Waals surface area contributed by atoms with Crippen molar-refractivity contribution in [1.29, 1.82) is 0 Å². The van der Waals surface area contributed by atoms with Gasteiger partial charge in [-0.3, -0.25) is 14.4 Å². The minimum absolute atomic E-state index is 0.0248. The summed E-state index contributed by atoms with van der Waals surface area (Å²) < 4.78 is 22.7. The van der Waals surface area contributed by atoms with E-state index >= 15 is 0 Å². The molecule has 0 atom stereocenters. The molecule has 0 unspecified atom stereocenters. The van der Waals surface area contributed by atoms with Gasteiger partial charge in [0.05, 0.1) is 39.9 Å². The zero-order chi connectivity index (χ0) is 26.4. The molecule has 0 radical (unpaired) electrons. The summed E-state index contributed by atoms with van der Waals surface area (Å²) in [6, 6.07) is 12.9. The van der Waals surface area contributed by atoms with Crippen LogP contribution in [0.3, 0.4) is 0 Å². The number of hydrogen-bond acceptors (Lipinski definition) is 6. The Kier molecular flexibility index (Phi) is 5.67.